The molecule has 1 N–H and O–H groups in total. The minimum atomic E-state index is -4.01. The van der Waals surface area contributed by atoms with E-state index >= 15 is 0 Å². The summed E-state index contributed by atoms with van der Waals surface area (Å²) in [7, 11) is 0. The monoisotopic (exact) mass is 252 g/mol. The summed E-state index contributed by atoms with van der Waals surface area (Å²) in [6.07, 6.45) is -3.35. The van der Waals surface area contributed by atoms with Gasteiger partial charge in [-0.3, -0.25) is 0 Å². The zero-order chi connectivity index (χ0) is 12.9. The van der Waals surface area contributed by atoms with Gasteiger partial charge in [0.15, 0.2) is 0 Å². The van der Waals surface area contributed by atoms with Crippen LogP contribution in [0.25, 0.3) is 0 Å². The fourth-order valence-corrected chi connectivity index (χ4v) is 2.22. The Morgan fingerprint density at radius 1 is 1.35 bits per heavy atom. The maximum absolute atomic E-state index is 11.9. The number of hydrogen-bond donors (Lipinski definition) is 1. The molecule has 1 atom stereocenters. The molecule has 0 radical (unpaired) electrons. The van der Waals surface area contributed by atoms with Gasteiger partial charge in [0.2, 0.25) is 0 Å². The van der Waals surface area contributed by atoms with Gasteiger partial charge in [0.05, 0.1) is 0 Å². The Morgan fingerprint density at radius 3 is 2.59 bits per heavy atom. The molecule has 0 aromatic heterocycles. The highest BCUT2D eigenvalue weighted by atomic mass is 19.4. The molecule has 2 nitrogen and oxygen atoms in total. The van der Waals surface area contributed by atoms with Crippen molar-refractivity contribution in [3.8, 4) is 0 Å². The predicted molar refractivity (Wildman–Crippen MR) is 63.0 cm³/mol. The van der Waals surface area contributed by atoms with E-state index in [0.29, 0.717) is 18.5 Å². The van der Waals surface area contributed by atoms with Crippen molar-refractivity contribution in [2.75, 3.05) is 26.2 Å². The van der Waals surface area contributed by atoms with E-state index in [2.05, 4.69) is 24.1 Å². The first-order valence-corrected chi connectivity index (χ1v) is 6.40. The van der Waals surface area contributed by atoms with E-state index in [1.807, 2.05) is 0 Å². The second-order valence-electron chi connectivity index (χ2n) is 5.17. The third-order valence-electron chi connectivity index (χ3n) is 3.29. The summed E-state index contributed by atoms with van der Waals surface area (Å²) >= 11 is 0. The third kappa shape index (κ3) is 6.27. The minimum Gasteiger partial charge on any atom is -0.316 e. The summed E-state index contributed by atoms with van der Waals surface area (Å²) in [5.74, 6) is 0.600. The molecule has 1 fully saturated rings. The van der Waals surface area contributed by atoms with Crippen LogP contribution >= 0.6 is 0 Å². The minimum absolute atomic E-state index is 0.185. The summed E-state index contributed by atoms with van der Waals surface area (Å²) in [5, 5.41) is 3.13. The van der Waals surface area contributed by atoms with Crippen molar-refractivity contribution in [1.29, 1.82) is 0 Å². The molecule has 1 heterocycles. The Bertz CT molecular complexity index is 216. The maximum Gasteiger partial charge on any atom is 0.389 e. The molecule has 1 aliphatic heterocycles. The number of rotatable bonds is 6. The van der Waals surface area contributed by atoms with Crippen LogP contribution in [0.2, 0.25) is 0 Å². The van der Waals surface area contributed by atoms with Crippen LogP contribution in [0.3, 0.4) is 0 Å². The number of halogens is 3. The molecular formula is C12H23F3N2. The molecule has 0 saturated carbocycles. The molecule has 0 bridgehead atoms. The van der Waals surface area contributed by atoms with Crippen molar-refractivity contribution in [1.82, 2.24) is 10.2 Å². The Balaban J connectivity index is 2.01. The molecule has 0 amide bonds. The highest BCUT2D eigenvalue weighted by molar-refractivity contribution is 4.79. The lowest BCUT2D eigenvalue weighted by Crippen LogP contribution is -2.31. The number of nitrogens with zero attached hydrogens (tertiary/aromatic N) is 1. The van der Waals surface area contributed by atoms with Crippen LogP contribution in [-0.4, -0.2) is 43.3 Å². The molecule has 0 aliphatic carbocycles. The van der Waals surface area contributed by atoms with Crippen LogP contribution in [0.1, 0.15) is 33.1 Å². The van der Waals surface area contributed by atoms with Crippen LogP contribution < -0.4 is 5.32 Å². The van der Waals surface area contributed by atoms with E-state index in [9.17, 15) is 13.2 Å². The third-order valence-corrected chi connectivity index (χ3v) is 3.29. The van der Waals surface area contributed by atoms with E-state index in [4.69, 9.17) is 0 Å². The summed E-state index contributed by atoms with van der Waals surface area (Å²) in [6, 6.07) is 0.574. The van der Waals surface area contributed by atoms with Gasteiger partial charge in [0.25, 0.3) is 0 Å². The molecule has 1 aliphatic rings. The van der Waals surface area contributed by atoms with E-state index < -0.39 is 12.6 Å². The van der Waals surface area contributed by atoms with Gasteiger partial charge in [-0.05, 0) is 52.2 Å². The average molecular weight is 252 g/mol. The van der Waals surface area contributed by atoms with Gasteiger partial charge in [-0.2, -0.15) is 13.2 Å². The molecule has 1 saturated heterocycles. The fraction of sp³-hybridized carbons (Fsp3) is 1.00. The Labute approximate surface area is 102 Å². The van der Waals surface area contributed by atoms with Crippen LogP contribution in [0, 0.1) is 5.92 Å². The highest BCUT2D eigenvalue weighted by Gasteiger charge is 2.26. The molecule has 102 valence electrons. The van der Waals surface area contributed by atoms with E-state index in [-0.39, 0.29) is 6.42 Å². The molecule has 0 spiro atoms. The zero-order valence-electron chi connectivity index (χ0n) is 10.7. The maximum atomic E-state index is 11.9. The van der Waals surface area contributed by atoms with Gasteiger partial charge in [0, 0.05) is 19.0 Å². The molecular weight excluding hydrogens is 229 g/mol. The summed E-state index contributed by atoms with van der Waals surface area (Å²) in [6.45, 7) is 7.87. The van der Waals surface area contributed by atoms with Crippen LogP contribution in [-0.2, 0) is 0 Å². The van der Waals surface area contributed by atoms with Crippen molar-refractivity contribution >= 4 is 0 Å². The highest BCUT2D eigenvalue weighted by Crippen LogP contribution is 2.21. The molecule has 17 heavy (non-hydrogen) atoms. The Hall–Kier alpha value is -0.290. The molecule has 1 unspecified atom stereocenters. The zero-order valence-corrected chi connectivity index (χ0v) is 10.7. The van der Waals surface area contributed by atoms with Gasteiger partial charge in [0.1, 0.15) is 0 Å². The molecule has 0 aromatic carbocycles. The van der Waals surface area contributed by atoms with Crippen LogP contribution in [0.5, 0.6) is 0 Å². The van der Waals surface area contributed by atoms with Crippen molar-refractivity contribution in [3.05, 3.63) is 0 Å². The lowest BCUT2D eigenvalue weighted by atomic mass is 10.1. The first kappa shape index (κ1) is 14.8. The van der Waals surface area contributed by atoms with Crippen LogP contribution in [0.15, 0.2) is 0 Å². The largest absolute Gasteiger partial charge is 0.389 e. The number of alkyl halides is 3. The lowest BCUT2D eigenvalue weighted by molar-refractivity contribution is -0.135. The van der Waals surface area contributed by atoms with Gasteiger partial charge in [-0.25, -0.2) is 0 Å². The average Bonchev–Trinajstić information content (AvgIpc) is 2.64. The fourth-order valence-electron chi connectivity index (χ4n) is 2.22. The number of likely N-dealkylation sites (tertiary alicyclic amines) is 1. The number of hydrogen-bond acceptors (Lipinski definition) is 2. The first-order valence-electron chi connectivity index (χ1n) is 6.40. The van der Waals surface area contributed by atoms with Gasteiger partial charge in [-0.15, -0.1) is 0 Å². The predicted octanol–water partition coefficient (Wildman–Crippen LogP) is 2.65. The van der Waals surface area contributed by atoms with E-state index in [1.165, 1.54) is 0 Å². The van der Waals surface area contributed by atoms with Gasteiger partial charge >= 0.3 is 6.18 Å². The Morgan fingerprint density at radius 2 is 2.06 bits per heavy atom. The standard InChI is InChI=1S/C12H23F3N2/c1-10(2)17-7-4-11(9-17)8-16-6-3-5-12(13,14)15/h10-11,16H,3-9H2,1-2H3. The first-order chi connectivity index (χ1) is 7.88. The smallest absolute Gasteiger partial charge is 0.316 e. The van der Waals surface area contributed by atoms with Gasteiger partial charge in [-0.1, -0.05) is 0 Å². The van der Waals surface area contributed by atoms with Crippen LogP contribution in [0.4, 0.5) is 13.2 Å². The normalized spacial score (nSPS) is 22.6. The SMILES string of the molecule is CC(C)N1CCC(CNCCCC(F)(F)F)C1. The summed E-state index contributed by atoms with van der Waals surface area (Å²) in [5.41, 5.74) is 0. The van der Waals surface area contributed by atoms with Crippen molar-refractivity contribution in [3.63, 3.8) is 0 Å². The summed E-state index contributed by atoms with van der Waals surface area (Å²) < 4.78 is 35.7. The quantitative estimate of drug-likeness (QED) is 0.731. The second kappa shape index (κ2) is 6.59. The van der Waals surface area contributed by atoms with E-state index in [1.54, 1.807) is 0 Å². The second-order valence-corrected chi connectivity index (χ2v) is 5.17. The van der Waals surface area contributed by atoms with Crippen molar-refractivity contribution in [2.45, 2.75) is 45.3 Å². The van der Waals surface area contributed by atoms with Crippen molar-refractivity contribution < 1.29 is 13.2 Å². The molecule has 0 aromatic rings. The van der Waals surface area contributed by atoms with E-state index in [0.717, 1.165) is 26.1 Å². The molecule has 5 heteroatoms. The number of nitrogens with one attached hydrogen (secondary N) is 1. The van der Waals surface area contributed by atoms with Crippen molar-refractivity contribution in [2.24, 2.45) is 5.92 Å². The summed E-state index contributed by atoms with van der Waals surface area (Å²) in [4.78, 5) is 2.42. The molecule has 1 rings (SSSR count). The van der Waals surface area contributed by atoms with Gasteiger partial charge < -0.3 is 10.2 Å². The Kier molecular flexibility index (Phi) is 5.73. The topological polar surface area (TPSA) is 15.3 Å². The lowest BCUT2D eigenvalue weighted by Gasteiger charge is -2.20.